The minimum atomic E-state index is -0.0957. The Balaban J connectivity index is 1.16. The van der Waals surface area contributed by atoms with Gasteiger partial charge in [0.25, 0.3) is 0 Å². The summed E-state index contributed by atoms with van der Waals surface area (Å²) in [5, 5.41) is 2.30. The first-order valence-corrected chi connectivity index (χ1v) is 29.7. The Kier molecular flexibility index (Phi) is 15.1. The van der Waals surface area contributed by atoms with E-state index < -0.39 is 0 Å². The van der Waals surface area contributed by atoms with Crippen molar-refractivity contribution in [2.45, 2.75) is 105 Å². The van der Waals surface area contributed by atoms with E-state index in [1.165, 1.54) is 33.4 Å². The molecule has 0 N–H and O–H groups in total. The molecule has 83 heavy (non-hydrogen) atoms. The monoisotopic (exact) mass is 1080 g/mol. The van der Waals surface area contributed by atoms with E-state index in [1.807, 2.05) is 12.1 Å². The third kappa shape index (κ3) is 11.6. The zero-order chi connectivity index (χ0) is 57.2. The van der Waals surface area contributed by atoms with Crippen molar-refractivity contribution in [1.29, 1.82) is 0 Å². The smallest absolute Gasteiger partial charge is 0.164 e. The summed E-state index contributed by atoms with van der Waals surface area (Å²) in [7, 11) is 0. The summed E-state index contributed by atoms with van der Waals surface area (Å²) in [4.78, 5) is 27.7. The number of aryl methyl sites for hydroxylation is 2. The molecule has 0 fully saturated rings. The van der Waals surface area contributed by atoms with E-state index in [0.29, 0.717) is 23.3 Å². The molecule has 0 aliphatic rings. The standard InChI is InChI=1S/C77H72N6/c1-9-11-25-51-41-60(45-62(43-51)76(3,4)5)73-80-72(81-74(82-73)61-42-52(26-12-10-2)44-63(46-61)77(6,7)8)59-37-40-71(66(49-59)75-78-67(55-31-21-15-22-32-55)50-68(79-75)56-33-23-16-24-34-56)83-69-38-35-57(53-27-17-13-18-28-53)47-64(69)65-48-58(36-39-70(65)83)54-29-19-14-20-30-54/h13-24,27-50H,9-12,25-26H2,1-8H3. The molecule has 0 unspecified atom stereocenters. The van der Waals surface area contributed by atoms with Crippen LogP contribution < -0.4 is 0 Å². The van der Waals surface area contributed by atoms with E-state index in [-0.39, 0.29) is 10.8 Å². The minimum Gasteiger partial charge on any atom is -0.308 e. The first kappa shape index (κ1) is 54.5. The second kappa shape index (κ2) is 23.0. The molecule has 0 spiro atoms. The van der Waals surface area contributed by atoms with Gasteiger partial charge in [-0.3, -0.25) is 0 Å². The van der Waals surface area contributed by atoms with E-state index in [9.17, 15) is 0 Å². The highest BCUT2D eigenvalue weighted by molar-refractivity contribution is 6.12. The van der Waals surface area contributed by atoms with Crippen LogP contribution in [0.25, 0.3) is 118 Å². The summed E-state index contributed by atoms with van der Waals surface area (Å²) >= 11 is 0. The lowest BCUT2D eigenvalue weighted by molar-refractivity contribution is 0.589. The molecule has 0 radical (unpaired) electrons. The summed E-state index contributed by atoms with van der Waals surface area (Å²) in [5.41, 5.74) is 19.9. The summed E-state index contributed by atoms with van der Waals surface area (Å²) in [6, 6.07) is 78.7. The van der Waals surface area contributed by atoms with Crippen molar-refractivity contribution in [2.24, 2.45) is 0 Å². The van der Waals surface area contributed by atoms with Crippen molar-refractivity contribution in [2.75, 3.05) is 0 Å². The van der Waals surface area contributed by atoms with Crippen molar-refractivity contribution in [3.05, 3.63) is 241 Å². The summed E-state index contributed by atoms with van der Waals surface area (Å²) in [6.07, 6.45) is 6.39. The number of rotatable bonds is 15. The molecular formula is C77H72N6. The summed E-state index contributed by atoms with van der Waals surface area (Å²) < 4.78 is 2.41. The van der Waals surface area contributed by atoms with Crippen LogP contribution in [-0.2, 0) is 23.7 Å². The Morgan fingerprint density at radius 2 is 0.723 bits per heavy atom. The largest absolute Gasteiger partial charge is 0.308 e. The van der Waals surface area contributed by atoms with E-state index >= 15 is 0 Å². The second-order valence-electron chi connectivity index (χ2n) is 24.3. The van der Waals surface area contributed by atoms with Crippen LogP contribution in [0.4, 0.5) is 0 Å². The Hall–Kier alpha value is -9.13. The fourth-order valence-corrected chi connectivity index (χ4v) is 11.4. The molecule has 12 aromatic rings. The average molecular weight is 1080 g/mol. The fraction of sp³-hybridized carbons (Fsp3) is 0.208. The first-order chi connectivity index (χ1) is 40.3. The van der Waals surface area contributed by atoms with E-state index in [1.54, 1.807) is 0 Å². The lowest BCUT2D eigenvalue weighted by Crippen LogP contribution is -2.13. The molecule has 3 aromatic heterocycles. The van der Waals surface area contributed by atoms with Gasteiger partial charge in [-0.1, -0.05) is 214 Å². The van der Waals surface area contributed by atoms with Gasteiger partial charge in [-0.25, -0.2) is 24.9 Å². The van der Waals surface area contributed by atoms with Gasteiger partial charge in [0.2, 0.25) is 0 Å². The third-order valence-electron chi connectivity index (χ3n) is 16.1. The van der Waals surface area contributed by atoms with Crippen molar-refractivity contribution >= 4 is 21.8 Å². The Labute approximate surface area is 490 Å². The predicted octanol–water partition coefficient (Wildman–Crippen LogP) is 20.4. The average Bonchev–Trinajstić information content (AvgIpc) is 2.40. The van der Waals surface area contributed by atoms with Crippen LogP contribution in [0.2, 0.25) is 0 Å². The van der Waals surface area contributed by atoms with Crippen molar-refractivity contribution in [3.63, 3.8) is 0 Å². The number of fused-ring (bicyclic) bond motifs is 3. The van der Waals surface area contributed by atoms with E-state index in [0.717, 1.165) is 122 Å². The highest BCUT2D eigenvalue weighted by Gasteiger charge is 2.25. The van der Waals surface area contributed by atoms with Crippen molar-refractivity contribution < 1.29 is 0 Å². The van der Waals surface area contributed by atoms with Gasteiger partial charge in [0, 0.05) is 44.2 Å². The van der Waals surface area contributed by atoms with Gasteiger partial charge < -0.3 is 4.57 Å². The molecule has 9 aromatic carbocycles. The van der Waals surface area contributed by atoms with Crippen LogP contribution in [0.1, 0.15) is 103 Å². The van der Waals surface area contributed by atoms with Crippen LogP contribution in [0.5, 0.6) is 0 Å². The van der Waals surface area contributed by atoms with E-state index in [2.05, 4.69) is 266 Å². The zero-order valence-corrected chi connectivity index (χ0v) is 49.2. The molecular weight excluding hydrogens is 1010 g/mol. The molecule has 0 atom stereocenters. The third-order valence-corrected chi connectivity index (χ3v) is 16.1. The lowest BCUT2D eigenvalue weighted by atomic mass is 9.84. The number of hydrogen-bond donors (Lipinski definition) is 0. The maximum atomic E-state index is 5.56. The number of aromatic nitrogens is 6. The Bertz CT molecular complexity index is 4040. The molecule has 3 heterocycles. The molecule has 0 aliphatic carbocycles. The maximum Gasteiger partial charge on any atom is 0.164 e. The normalized spacial score (nSPS) is 11.9. The van der Waals surface area contributed by atoms with Crippen molar-refractivity contribution in [1.82, 2.24) is 29.5 Å². The van der Waals surface area contributed by atoms with Crippen LogP contribution >= 0.6 is 0 Å². The molecule has 0 aliphatic heterocycles. The van der Waals surface area contributed by atoms with Gasteiger partial charge in [-0.05, 0) is 154 Å². The van der Waals surface area contributed by atoms with Gasteiger partial charge in [-0.2, -0.15) is 0 Å². The molecule has 0 saturated heterocycles. The molecule has 6 nitrogen and oxygen atoms in total. The van der Waals surface area contributed by atoms with Gasteiger partial charge in [0.1, 0.15) is 0 Å². The van der Waals surface area contributed by atoms with Crippen LogP contribution in [0, 0.1) is 0 Å². The maximum absolute atomic E-state index is 5.56. The predicted molar refractivity (Wildman–Crippen MR) is 348 cm³/mol. The van der Waals surface area contributed by atoms with Crippen LogP contribution in [-0.4, -0.2) is 29.5 Å². The number of unbranched alkanes of at least 4 members (excludes halogenated alkanes) is 2. The Morgan fingerprint density at radius 3 is 1.13 bits per heavy atom. The molecule has 6 heteroatoms. The van der Waals surface area contributed by atoms with E-state index in [4.69, 9.17) is 24.9 Å². The molecule has 410 valence electrons. The van der Waals surface area contributed by atoms with Gasteiger partial charge >= 0.3 is 0 Å². The molecule has 0 bridgehead atoms. The minimum absolute atomic E-state index is 0.0957. The number of hydrogen-bond acceptors (Lipinski definition) is 5. The Morgan fingerprint density at radius 1 is 0.325 bits per heavy atom. The van der Waals surface area contributed by atoms with Gasteiger partial charge in [0.15, 0.2) is 23.3 Å². The summed E-state index contributed by atoms with van der Waals surface area (Å²) in [5.74, 6) is 2.46. The quantitative estimate of drug-likeness (QED) is 0.102. The highest BCUT2D eigenvalue weighted by atomic mass is 15.0. The second-order valence-corrected chi connectivity index (χ2v) is 24.3. The van der Waals surface area contributed by atoms with Crippen LogP contribution in [0.15, 0.2) is 218 Å². The van der Waals surface area contributed by atoms with Gasteiger partial charge in [0.05, 0.1) is 28.1 Å². The van der Waals surface area contributed by atoms with Crippen molar-refractivity contribution in [3.8, 4) is 96.0 Å². The van der Waals surface area contributed by atoms with Gasteiger partial charge in [-0.15, -0.1) is 0 Å². The zero-order valence-electron chi connectivity index (χ0n) is 49.2. The lowest BCUT2D eigenvalue weighted by Gasteiger charge is -2.22. The molecule has 0 amide bonds. The number of nitrogens with zero attached hydrogens (tertiary/aromatic N) is 6. The number of benzene rings is 9. The van der Waals surface area contributed by atoms with Crippen LogP contribution in [0.3, 0.4) is 0 Å². The summed E-state index contributed by atoms with van der Waals surface area (Å²) in [6.45, 7) is 18.3. The highest BCUT2D eigenvalue weighted by Crippen LogP contribution is 2.42. The first-order valence-electron chi connectivity index (χ1n) is 29.7. The SMILES string of the molecule is CCCCc1cc(-c2nc(-c3cc(CCCC)cc(C(C)(C)C)c3)nc(-c3ccc(-n4c5ccc(-c6ccccc6)cc5c5cc(-c6ccccc6)ccc54)c(-c4nc(-c5ccccc5)cc(-c5ccccc5)n4)c3)n2)cc(C(C)(C)C)c1. The topological polar surface area (TPSA) is 69.4 Å². The fourth-order valence-electron chi connectivity index (χ4n) is 11.4. The molecule has 12 rings (SSSR count). The molecule has 0 saturated carbocycles.